The molecule has 0 spiro atoms. The number of nitrogens with zero attached hydrogens (tertiary/aromatic N) is 2. The van der Waals surface area contributed by atoms with E-state index in [1.54, 1.807) is 17.0 Å². The van der Waals surface area contributed by atoms with Crippen molar-refractivity contribution in [2.24, 2.45) is 0 Å². The molecule has 2 aliphatic heterocycles. The maximum Gasteiger partial charge on any atom is 0.254 e. The second-order valence-corrected chi connectivity index (χ2v) is 8.41. The average Bonchev–Trinajstić information content (AvgIpc) is 3.21. The van der Waals surface area contributed by atoms with Gasteiger partial charge in [0.1, 0.15) is 4.90 Å². The van der Waals surface area contributed by atoms with Crippen molar-refractivity contribution in [2.75, 3.05) is 50.8 Å². The van der Waals surface area contributed by atoms with Crippen LogP contribution < -0.4 is 9.62 Å². The summed E-state index contributed by atoms with van der Waals surface area (Å²) < 4.78 is 33.6. The number of anilines is 1. The van der Waals surface area contributed by atoms with Crippen molar-refractivity contribution in [3.63, 3.8) is 0 Å². The molecule has 2 aliphatic rings. The molecule has 2 heterocycles. The van der Waals surface area contributed by atoms with E-state index >= 15 is 0 Å². The Hall–Kier alpha value is -1.64. The van der Waals surface area contributed by atoms with Gasteiger partial charge >= 0.3 is 0 Å². The Morgan fingerprint density at radius 1 is 1.15 bits per heavy atom. The van der Waals surface area contributed by atoms with Gasteiger partial charge < -0.3 is 14.5 Å². The zero-order valence-corrected chi connectivity index (χ0v) is 16.1. The predicted octanol–water partition coefficient (Wildman–Crippen LogP) is 1.45. The SMILES string of the molecule is CCCNS(=O)(=O)c1cc(C(=O)N2CCOCC2)ccc1N1CCCC1. The van der Waals surface area contributed by atoms with Crippen LogP contribution in [0.2, 0.25) is 0 Å². The van der Waals surface area contributed by atoms with E-state index in [0.717, 1.165) is 25.9 Å². The highest BCUT2D eigenvalue weighted by molar-refractivity contribution is 7.89. The van der Waals surface area contributed by atoms with Crippen LogP contribution in [0.25, 0.3) is 0 Å². The number of ether oxygens (including phenoxy) is 1. The largest absolute Gasteiger partial charge is 0.378 e. The summed E-state index contributed by atoms with van der Waals surface area (Å²) >= 11 is 0. The van der Waals surface area contributed by atoms with Crippen molar-refractivity contribution in [2.45, 2.75) is 31.1 Å². The van der Waals surface area contributed by atoms with Crippen LogP contribution in [0.4, 0.5) is 5.69 Å². The van der Waals surface area contributed by atoms with Gasteiger partial charge in [-0.25, -0.2) is 13.1 Å². The Labute approximate surface area is 155 Å². The van der Waals surface area contributed by atoms with E-state index in [2.05, 4.69) is 9.62 Å². The van der Waals surface area contributed by atoms with Crippen LogP contribution >= 0.6 is 0 Å². The van der Waals surface area contributed by atoms with Gasteiger partial charge in [0.25, 0.3) is 5.91 Å². The summed E-state index contributed by atoms with van der Waals surface area (Å²) in [7, 11) is -3.66. The molecule has 0 saturated carbocycles. The molecule has 26 heavy (non-hydrogen) atoms. The molecule has 144 valence electrons. The molecule has 0 aliphatic carbocycles. The van der Waals surface area contributed by atoms with Crippen LogP contribution in [0.15, 0.2) is 23.1 Å². The third kappa shape index (κ3) is 4.19. The number of amides is 1. The minimum atomic E-state index is -3.66. The summed E-state index contributed by atoms with van der Waals surface area (Å²) in [4.78, 5) is 16.8. The summed E-state index contributed by atoms with van der Waals surface area (Å²) in [6, 6.07) is 5.05. The summed E-state index contributed by atoms with van der Waals surface area (Å²) in [6.45, 7) is 6.07. The molecule has 7 nitrogen and oxygen atoms in total. The lowest BCUT2D eigenvalue weighted by Crippen LogP contribution is -2.40. The lowest BCUT2D eigenvalue weighted by Gasteiger charge is -2.27. The van der Waals surface area contributed by atoms with E-state index in [1.165, 1.54) is 6.07 Å². The Bertz CT molecular complexity index is 739. The van der Waals surface area contributed by atoms with Crippen molar-refractivity contribution in [1.82, 2.24) is 9.62 Å². The van der Waals surface area contributed by atoms with E-state index in [1.807, 2.05) is 6.92 Å². The first-order valence-electron chi connectivity index (χ1n) is 9.28. The molecule has 0 bridgehead atoms. The van der Waals surface area contributed by atoms with Gasteiger partial charge in [-0.2, -0.15) is 0 Å². The number of nitrogens with one attached hydrogen (secondary N) is 1. The normalized spacial score (nSPS) is 18.3. The van der Waals surface area contributed by atoms with Crippen molar-refractivity contribution in [1.29, 1.82) is 0 Å². The molecule has 8 heteroatoms. The van der Waals surface area contributed by atoms with Crippen LogP contribution in [0, 0.1) is 0 Å². The van der Waals surface area contributed by atoms with Gasteiger partial charge in [-0.1, -0.05) is 6.92 Å². The molecule has 1 N–H and O–H groups in total. The van der Waals surface area contributed by atoms with Crippen LogP contribution in [-0.2, 0) is 14.8 Å². The third-order valence-electron chi connectivity index (χ3n) is 4.78. The molecule has 1 aromatic rings. The van der Waals surface area contributed by atoms with E-state index in [0.29, 0.717) is 50.5 Å². The smallest absolute Gasteiger partial charge is 0.254 e. The maximum absolute atomic E-state index is 12.8. The van der Waals surface area contributed by atoms with Gasteiger partial charge in [0.15, 0.2) is 0 Å². The molecule has 2 saturated heterocycles. The van der Waals surface area contributed by atoms with E-state index in [-0.39, 0.29) is 10.8 Å². The van der Waals surface area contributed by atoms with Gasteiger partial charge in [-0.05, 0) is 37.5 Å². The molecule has 0 unspecified atom stereocenters. The molecule has 2 fully saturated rings. The number of hydrogen-bond donors (Lipinski definition) is 1. The molecule has 3 rings (SSSR count). The lowest BCUT2D eigenvalue weighted by atomic mass is 10.1. The third-order valence-corrected chi connectivity index (χ3v) is 6.27. The van der Waals surface area contributed by atoms with Crippen LogP contribution in [-0.4, -0.2) is 65.2 Å². The average molecular weight is 381 g/mol. The number of hydrogen-bond acceptors (Lipinski definition) is 5. The van der Waals surface area contributed by atoms with Crippen LogP contribution in [0.5, 0.6) is 0 Å². The van der Waals surface area contributed by atoms with Crippen LogP contribution in [0.3, 0.4) is 0 Å². The summed E-state index contributed by atoms with van der Waals surface area (Å²) in [5, 5.41) is 0. The fourth-order valence-corrected chi connectivity index (χ4v) is 4.73. The first-order chi connectivity index (χ1) is 12.5. The first-order valence-corrected chi connectivity index (χ1v) is 10.8. The Morgan fingerprint density at radius 3 is 2.50 bits per heavy atom. The minimum absolute atomic E-state index is 0.145. The molecule has 0 radical (unpaired) electrons. The minimum Gasteiger partial charge on any atom is -0.378 e. The number of morpholine rings is 1. The monoisotopic (exact) mass is 381 g/mol. The van der Waals surface area contributed by atoms with Crippen LogP contribution in [0.1, 0.15) is 36.5 Å². The van der Waals surface area contributed by atoms with Crippen molar-refractivity contribution in [3.8, 4) is 0 Å². The zero-order valence-electron chi connectivity index (χ0n) is 15.2. The lowest BCUT2D eigenvalue weighted by molar-refractivity contribution is 0.0302. The number of rotatable bonds is 6. The standard InChI is InChI=1S/C18H27N3O4S/c1-2-7-19-26(23,24)17-14-15(18(22)21-10-12-25-13-11-21)5-6-16(17)20-8-3-4-9-20/h5-6,14,19H,2-4,7-13H2,1H3. The van der Waals surface area contributed by atoms with Gasteiger partial charge in [0.05, 0.1) is 18.9 Å². The highest BCUT2D eigenvalue weighted by Crippen LogP contribution is 2.29. The number of carbonyl (C=O) groups excluding carboxylic acids is 1. The molecule has 1 aromatic carbocycles. The Morgan fingerprint density at radius 2 is 1.85 bits per heavy atom. The summed E-state index contributed by atoms with van der Waals surface area (Å²) in [6.07, 6.45) is 2.82. The molecular formula is C18H27N3O4S. The predicted molar refractivity (Wildman–Crippen MR) is 100 cm³/mol. The van der Waals surface area contributed by atoms with E-state index in [4.69, 9.17) is 4.74 Å². The second-order valence-electron chi connectivity index (χ2n) is 6.68. The summed E-state index contributed by atoms with van der Waals surface area (Å²) in [5.74, 6) is -0.145. The maximum atomic E-state index is 12.8. The van der Waals surface area contributed by atoms with Crippen molar-refractivity contribution < 1.29 is 17.9 Å². The number of sulfonamides is 1. The summed E-state index contributed by atoms with van der Waals surface area (Å²) in [5.41, 5.74) is 1.09. The van der Waals surface area contributed by atoms with E-state index < -0.39 is 10.0 Å². The quantitative estimate of drug-likeness (QED) is 0.807. The molecule has 0 aromatic heterocycles. The second kappa shape index (κ2) is 8.37. The highest BCUT2D eigenvalue weighted by Gasteiger charge is 2.26. The van der Waals surface area contributed by atoms with Gasteiger partial charge in [0.2, 0.25) is 10.0 Å². The number of benzene rings is 1. The van der Waals surface area contributed by atoms with Crippen molar-refractivity contribution >= 4 is 21.6 Å². The van der Waals surface area contributed by atoms with Gasteiger partial charge in [0, 0.05) is 38.3 Å². The van der Waals surface area contributed by atoms with Gasteiger partial charge in [-0.15, -0.1) is 0 Å². The fourth-order valence-electron chi connectivity index (χ4n) is 3.34. The highest BCUT2D eigenvalue weighted by atomic mass is 32.2. The van der Waals surface area contributed by atoms with E-state index in [9.17, 15) is 13.2 Å². The van der Waals surface area contributed by atoms with Gasteiger partial charge in [-0.3, -0.25) is 4.79 Å². The zero-order chi connectivity index (χ0) is 18.6. The number of carbonyl (C=O) groups is 1. The molecule has 1 amide bonds. The molecular weight excluding hydrogens is 354 g/mol. The Kier molecular flexibility index (Phi) is 6.16. The molecule has 0 atom stereocenters. The fraction of sp³-hybridized carbons (Fsp3) is 0.611. The topological polar surface area (TPSA) is 79.0 Å². The Balaban J connectivity index is 1.95. The first kappa shape index (κ1) is 19.1. The van der Waals surface area contributed by atoms with Crippen molar-refractivity contribution in [3.05, 3.63) is 23.8 Å².